The quantitative estimate of drug-likeness (QED) is 0.295. The van der Waals surface area contributed by atoms with Crippen LogP contribution in [0.25, 0.3) is 0 Å². The van der Waals surface area contributed by atoms with Gasteiger partial charge in [0, 0.05) is 13.5 Å². The van der Waals surface area contributed by atoms with Crippen molar-refractivity contribution in [3.8, 4) is 0 Å². The van der Waals surface area contributed by atoms with E-state index in [4.69, 9.17) is 14.0 Å². The maximum atomic E-state index is 13.6. The lowest BCUT2D eigenvalue weighted by atomic mass is 9.79. The van der Waals surface area contributed by atoms with E-state index in [0.717, 1.165) is 24.8 Å². The molecule has 1 aromatic rings. The van der Waals surface area contributed by atoms with Crippen LogP contribution in [0.4, 0.5) is 4.79 Å². The maximum Gasteiger partial charge on any atom is 0.457 e. The molecule has 3 atom stereocenters. The third kappa shape index (κ3) is 7.29. The van der Waals surface area contributed by atoms with Gasteiger partial charge in [-0.15, -0.1) is 0 Å². The van der Waals surface area contributed by atoms with Crippen LogP contribution in [0.2, 0.25) is 6.32 Å². The molecular formula is C28H44BN3O6. The fourth-order valence-corrected chi connectivity index (χ4v) is 5.28. The van der Waals surface area contributed by atoms with Gasteiger partial charge in [0.05, 0.1) is 17.2 Å². The van der Waals surface area contributed by atoms with Crippen molar-refractivity contribution in [1.29, 1.82) is 0 Å². The number of benzene rings is 1. The summed E-state index contributed by atoms with van der Waals surface area (Å²) in [5.74, 6) is -0.559. The van der Waals surface area contributed by atoms with E-state index in [2.05, 4.69) is 16.0 Å². The molecule has 3 rings (SSSR count). The van der Waals surface area contributed by atoms with Crippen molar-refractivity contribution in [3.63, 3.8) is 0 Å². The molecule has 1 aliphatic carbocycles. The maximum absolute atomic E-state index is 13.6. The Hall–Kier alpha value is -2.59. The SMILES string of the molecule is CCCCNC(=O)C1(NC(C)=O)CC(CCB2OC(C)(C)C(C)(C)O2)CC1NC(=O)OCc1ccccc1. The number of rotatable bonds is 11. The monoisotopic (exact) mass is 529 g/mol. The van der Waals surface area contributed by atoms with Gasteiger partial charge < -0.3 is 30.0 Å². The smallest absolute Gasteiger partial charge is 0.445 e. The van der Waals surface area contributed by atoms with Crippen LogP contribution in [0.3, 0.4) is 0 Å². The van der Waals surface area contributed by atoms with E-state index in [1.54, 1.807) is 0 Å². The van der Waals surface area contributed by atoms with Crippen molar-refractivity contribution in [1.82, 2.24) is 16.0 Å². The van der Waals surface area contributed by atoms with Gasteiger partial charge >= 0.3 is 13.2 Å². The largest absolute Gasteiger partial charge is 0.457 e. The molecule has 210 valence electrons. The third-order valence-corrected chi connectivity index (χ3v) is 8.01. The first kappa shape index (κ1) is 30.0. The highest BCUT2D eigenvalue weighted by Gasteiger charge is 2.55. The number of nitrogens with one attached hydrogen (secondary N) is 3. The first-order valence-electron chi connectivity index (χ1n) is 13.8. The summed E-state index contributed by atoms with van der Waals surface area (Å²) in [4.78, 5) is 38.7. The fraction of sp³-hybridized carbons (Fsp3) is 0.679. The predicted molar refractivity (Wildman–Crippen MR) is 146 cm³/mol. The third-order valence-electron chi connectivity index (χ3n) is 8.01. The Balaban J connectivity index is 1.73. The lowest BCUT2D eigenvalue weighted by Gasteiger charge is -2.35. The molecule has 1 saturated carbocycles. The van der Waals surface area contributed by atoms with Crippen LogP contribution in [0.15, 0.2) is 30.3 Å². The molecule has 2 aliphatic rings. The normalized spacial score (nSPS) is 25.6. The topological polar surface area (TPSA) is 115 Å². The molecule has 38 heavy (non-hydrogen) atoms. The molecule has 1 aromatic carbocycles. The Morgan fingerprint density at radius 3 is 2.34 bits per heavy atom. The lowest BCUT2D eigenvalue weighted by Crippen LogP contribution is -2.66. The minimum absolute atomic E-state index is 0.0530. The number of hydrogen-bond acceptors (Lipinski definition) is 6. The van der Waals surface area contributed by atoms with E-state index in [-0.39, 0.29) is 31.5 Å². The summed E-state index contributed by atoms with van der Waals surface area (Å²) in [6.07, 6.45) is 3.41. The number of amides is 3. The van der Waals surface area contributed by atoms with Crippen molar-refractivity contribution in [3.05, 3.63) is 35.9 Å². The Bertz CT molecular complexity index is 957. The van der Waals surface area contributed by atoms with Crippen LogP contribution in [0, 0.1) is 5.92 Å². The molecule has 2 fully saturated rings. The number of alkyl carbamates (subject to hydrolysis) is 1. The van der Waals surface area contributed by atoms with Crippen molar-refractivity contribution < 1.29 is 28.4 Å². The standard InChI is InChI=1S/C28H44BN3O6/c1-7-8-16-30-24(34)28(32-20(2)33)18-22(14-15-29-37-26(3,4)27(5,6)38-29)17-23(28)31-25(35)36-19-21-12-10-9-11-13-21/h9-13,22-23H,7-8,14-19H2,1-6H3,(H,30,34)(H,31,35)(H,32,33). The van der Waals surface area contributed by atoms with Crippen LogP contribution < -0.4 is 16.0 Å². The summed E-state index contributed by atoms with van der Waals surface area (Å²) in [6.45, 7) is 12.1. The molecular weight excluding hydrogens is 485 g/mol. The summed E-state index contributed by atoms with van der Waals surface area (Å²) < 4.78 is 17.8. The predicted octanol–water partition coefficient (Wildman–Crippen LogP) is 3.96. The minimum atomic E-state index is -1.27. The van der Waals surface area contributed by atoms with Crippen LogP contribution in [-0.4, -0.2) is 54.4 Å². The number of unbranched alkanes of at least 4 members (excludes halogenated alkanes) is 1. The average Bonchev–Trinajstić information content (AvgIpc) is 3.29. The van der Waals surface area contributed by atoms with Crippen LogP contribution in [0.1, 0.15) is 79.2 Å². The first-order chi connectivity index (χ1) is 17.9. The second-order valence-electron chi connectivity index (χ2n) is 11.6. The molecule has 9 nitrogen and oxygen atoms in total. The summed E-state index contributed by atoms with van der Waals surface area (Å²) in [6, 6.07) is 8.76. The van der Waals surface area contributed by atoms with E-state index in [1.807, 2.05) is 65.0 Å². The van der Waals surface area contributed by atoms with Gasteiger partial charge in [0.2, 0.25) is 11.8 Å². The van der Waals surface area contributed by atoms with E-state index >= 15 is 0 Å². The van der Waals surface area contributed by atoms with Crippen LogP contribution in [0.5, 0.6) is 0 Å². The van der Waals surface area contributed by atoms with Crippen molar-refractivity contribution in [2.24, 2.45) is 5.92 Å². The Morgan fingerprint density at radius 2 is 1.74 bits per heavy atom. The summed E-state index contributed by atoms with van der Waals surface area (Å²) >= 11 is 0. The first-order valence-corrected chi connectivity index (χ1v) is 13.8. The van der Waals surface area contributed by atoms with Crippen molar-refractivity contribution >= 4 is 25.0 Å². The number of hydrogen-bond donors (Lipinski definition) is 3. The molecule has 0 aromatic heterocycles. The Labute approximate surface area is 227 Å². The van der Waals surface area contributed by atoms with Gasteiger partial charge in [0.1, 0.15) is 12.1 Å². The molecule has 3 unspecified atom stereocenters. The van der Waals surface area contributed by atoms with E-state index < -0.39 is 28.9 Å². The van der Waals surface area contributed by atoms with Gasteiger partial charge in [0.15, 0.2) is 0 Å². The highest BCUT2D eigenvalue weighted by Crippen LogP contribution is 2.42. The second-order valence-corrected chi connectivity index (χ2v) is 11.6. The summed E-state index contributed by atoms with van der Waals surface area (Å²) in [7, 11) is -0.351. The van der Waals surface area contributed by atoms with Crippen LogP contribution >= 0.6 is 0 Å². The van der Waals surface area contributed by atoms with Gasteiger partial charge in [-0.1, -0.05) is 50.1 Å². The zero-order valence-corrected chi connectivity index (χ0v) is 23.7. The molecule has 1 saturated heterocycles. The number of carbonyl (C=O) groups excluding carboxylic acids is 3. The Kier molecular flexibility index (Phi) is 9.87. The van der Waals surface area contributed by atoms with Crippen LogP contribution in [-0.2, 0) is 30.2 Å². The van der Waals surface area contributed by atoms with Crippen molar-refractivity contribution in [2.45, 2.75) is 109 Å². The van der Waals surface area contributed by atoms with Gasteiger partial charge in [-0.2, -0.15) is 0 Å². The van der Waals surface area contributed by atoms with E-state index in [1.165, 1.54) is 6.92 Å². The molecule has 3 amide bonds. The molecule has 0 spiro atoms. The highest BCUT2D eigenvalue weighted by atomic mass is 16.7. The minimum Gasteiger partial charge on any atom is -0.445 e. The molecule has 10 heteroatoms. The molecule has 0 radical (unpaired) electrons. The van der Waals surface area contributed by atoms with Crippen molar-refractivity contribution in [2.75, 3.05) is 6.54 Å². The van der Waals surface area contributed by atoms with E-state index in [9.17, 15) is 14.4 Å². The second kappa shape index (κ2) is 12.5. The molecule has 1 aliphatic heterocycles. The molecule has 3 N–H and O–H groups in total. The average molecular weight is 529 g/mol. The van der Waals surface area contributed by atoms with Gasteiger partial charge in [-0.3, -0.25) is 9.59 Å². The zero-order valence-electron chi connectivity index (χ0n) is 23.7. The Morgan fingerprint density at radius 1 is 1.08 bits per heavy atom. The highest BCUT2D eigenvalue weighted by molar-refractivity contribution is 6.45. The number of ether oxygens (including phenoxy) is 1. The van der Waals surface area contributed by atoms with Gasteiger partial charge in [-0.25, -0.2) is 4.79 Å². The zero-order chi connectivity index (χ0) is 28.0. The fourth-order valence-electron chi connectivity index (χ4n) is 5.28. The lowest BCUT2D eigenvalue weighted by molar-refractivity contribution is -0.133. The molecule has 0 bridgehead atoms. The van der Waals surface area contributed by atoms with Gasteiger partial charge in [0.25, 0.3) is 0 Å². The summed E-state index contributed by atoms with van der Waals surface area (Å²) in [5.41, 5.74) is -1.25. The number of carbonyl (C=O) groups is 3. The van der Waals surface area contributed by atoms with Gasteiger partial charge in [-0.05, 0) is 64.8 Å². The molecule has 1 heterocycles. The van der Waals surface area contributed by atoms with E-state index in [0.29, 0.717) is 25.7 Å². The summed E-state index contributed by atoms with van der Waals surface area (Å²) in [5, 5.41) is 8.79.